The molecule has 4 rings (SSSR count). The molecule has 9 heteroatoms. The molecule has 1 aromatic heterocycles. The average molecular weight is 427 g/mol. The van der Waals surface area contributed by atoms with E-state index in [0.717, 1.165) is 5.82 Å². The van der Waals surface area contributed by atoms with Crippen LogP contribution >= 0.6 is 11.6 Å². The molecule has 0 radical (unpaired) electrons. The number of carbonyl (C=O) groups excluding carboxylic acids is 2. The molecule has 0 spiro atoms. The lowest BCUT2D eigenvalue weighted by atomic mass is 10.2. The van der Waals surface area contributed by atoms with Crippen molar-refractivity contribution in [1.29, 1.82) is 0 Å². The highest BCUT2D eigenvalue weighted by atomic mass is 35.5. The summed E-state index contributed by atoms with van der Waals surface area (Å²) >= 11 is 6.03. The molecule has 8 nitrogen and oxygen atoms in total. The SMILES string of the molecule is Cn1ccnc1COc1ccc(NC(=O)CN2C(=O)COc3ccc(Cl)cc32)cc1. The first-order chi connectivity index (χ1) is 14.5. The summed E-state index contributed by atoms with van der Waals surface area (Å²) in [4.78, 5) is 30.3. The summed E-state index contributed by atoms with van der Waals surface area (Å²) in [5.41, 5.74) is 1.07. The van der Waals surface area contributed by atoms with Gasteiger partial charge in [0, 0.05) is 30.2 Å². The minimum absolute atomic E-state index is 0.121. The van der Waals surface area contributed by atoms with Crippen molar-refractivity contribution in [3.8, 4) is 11.5 Å². The number of anilines is 2. The van der Waals surface area contributed by atoms with E-state index in [-0.39, 0.29) is 25.0 Å². The Morgan fingerprint density at radius 2 is 2.07 bits per heavy atom. The molecule has 0 fully saturated rings. The number of hydrogen-bond acceptors (Lipinski definition) is 5. The molecule has 2 heterocycles. The molecule has 0 unspecified atom stereocenters. The Hall–Kier alpha value is -3.52. The number of fused-ring (bicyclic) bond motifs is 1. The lowest BCUT2D eigenvalue weighted by Crippen LogP contribution is -2.43. The third-order valence-corrected chi connectivity index (χ3v) is 4.83. The summed E-state index contributed by atoms with van der Waals surface area (Å²) in [6, 6.07) is 11.9. The quantitative estimate of drug-likeness (QED) is 0.654. The molecule has 3 aromatic rings. The van der Waals surface area contributed by atoms with Crippen LogP contribution in [-0.4, -0.2) is 34.5 Å². The fourth-order valence-electron chi connectivity index (χ4n) is 3.01. The topological polar surface area (TPSA) is 85.7 Å². The van der Waals surface area contributed by atoms with Crippen LogP contribution in [0.3, 0.4) is 0 Å². The number of hydrogen-bond donors (Lipinski definition) is 1. The van der Waals surface area contributed by atoms with E-state index in [9.17, 15) is 9.59 Å². The number of benzene rings is 2. The third kappa shape index (κ3) is 4.38. The second kappa shape index (κ2) is 8.46. The number of aromatic nitrogens is 2. The van der Waals surface area contributed by atoms with Crippen molar-refractivity contribution in [3.05, 3.63) is 65.7 Å². The number of imidazole rings is 1. The molecule has 0 saturated heterocycles. The zero-order valence-corrected chi connectivity index (χ0v) is 16.9. The van der Waals surface area contributed by atoms with Crippen molar-refractivity contribution in [1.82, 2.24) is 9.55 Å². The largest absolute Gasteiger partial charge is 0.486 e. The van der Waals surface area contributed by atoms with Crippen LogP contribution in [0.5, 0.6) is 11.5 Å². The number of rotatable bonds is 6. The maximum absolute atomic E-state index is 12.5. The van der Waals surface area contributed by atoms with Crippen molar-refractivity contribution in [2.24, 2.45) is 7.05 Å². The van der Waals surface area contributed by atoms with Gasteiger partial charge in [-0.05, 0) is 42.5 Å². The molecule has 1 aliphatic heterocycles. The van der Waals surface area contributed by atoms with E-state index in [1.54, 1.807) is 48.7 Å². The minimum atomic E-state index is -0.335. The van der Waals surface area contributed by atoms with Crippen molar-refractivity contribution in [2.75, 3.05) is 23.4 Å². The Morgan fingerprint density at radius 3 is 2.80 bits per heavy atom. The van der Waals surface area contributed by atoms with Crippen LogP contribution in [-0.2, 0) is 23.2 Å². The average Bonchev–Trinajstić information content (AvgIpc) is 3.14. The van der Waals surface area contributed by atoms with Gasteiger partial charge in [0.25, 0.3) is 5.91 Å². The zero-order valence-electron chi connectivity index (χ0n) is 16.2. The van der Waals surface area contributed by atoms with E-state index < -0.39 is 0 Å². The fourth-order valence-corrected chi connectivity index (χ4v) is 3.18. The number of amides is 2. The highest BCUT2D eigenvalue weighted by Gasteiger charge is 2.27. The van der Waals surface area contributed by atoms with Crippen LogP contribution in [0.4, 0.5) is 11.4 Å². The molecule has 0 aliphatic carbocycles. The monoisotopic (exact) mass is 426 g/mol. The van der Waals surface area contributed by atoms with Crippen molar-refractivity contribution in [3.63, 3.8) is 0 Å². The smallest absolute Gasteiger partial charge is 0.265 e. The van der Waals surface area contributed by atoms with Gasteiger partial charge in [-0.3, -0.25) is 14.5 Å². The van der Waals surface area contributed by atoms with Gasteiger partial charge in [-0.2, -0.15) is 0 Å². The molecule has 0 bridgehead atoms. The first-order valence-electron chi connectivity index (χ1n) is 9.21. The predicted octanol–water partition coefficient (Wildman–Crippen LogP) is 3.02. The first-order valence-corrected chi connectivity index (χ1v) is 9.59. The van der Waals surface area contributed by atoms with Crippen LogP contribution in [0.25, 0.3) is 0 Å². The van der Waals surface area contributed by atoms with Gasteiger partial charge in [-0.25, -0.2) is 4.98 Å². The van der Waals surface area contributed by atoms with Crippen LogP contribution in [0.2, 0.25) is 5.02 Å². The Balaban J connectivity index is 1.37. The fraction of sp³-hybridized carbons (Fsp3) is 0.190. The van der Waals surface area contributed by atoms with Gasteiger partial charge in [0.05, 0.1) is 5.69 Å². The molecule has 30 heavy (non-hydrogen) atoms. The summed E-state index contributed by atoms with van der Waals surface area (Å²) in [7, 11) is 1.90. The highest BCUT2D eigenvalue weighted by Crippen LogP contribution is 2.34. The maximum Gasteiger partial charge on any atom is 0.265 e. The molecule has 154 valence electrons. The maximum atomic E-state index is 12.5. The first kappa shape index (κ1) is 19.8. The van der Waals surface area contributed by atoms with E-state index in [0.29, 0.717) is 34.5 Å². The lowest BCUT2D eigenvalue weighted by molar-refractivity contribution is -0.123. The normalized spacial score (nSPS) is 12.9. The summed E-state index contributed by atoms with van der Waals surface area (Å²) in [5, 5.41) is 3.24. The van der Waals surface area contributed by atoms with Gasteiger partial charge < -0.3 is 19.4 Å². The highest BCUT2D eigenvalue weighted by molar-refractivity contribution is 6.31. The summed E-state index contributed by atoms with van der Waals surface area (Å²) in [5.74, 6) is 1.34. The summed E-state index contributed by atoms with van der Waals surface area (Å²) < 4.78 is 13.0. The lowest BCUT2D eigenvalue weighted by Gasteiger charge is -2.29. The van der Waals surface area contributed by atoms with Gasteiger partial charge in [0.2, 0.25) is 5.91 Å². The van der Waals surface area contributed by atoms with E-state index in [1.165, 1.54) is 4.90 Å². The zero-order chi connectivity index (χ0) is 21.1. The van der Waals surface area contributed by atoms with Gasteiger partial charge in [0.1, 0.15) is 30.5 Å². The Bertz CT molecular complexity index is 1080. The second-order valence-corrected chi connectivity index (χ2v) is 7.13. The second-order valence-electron chi connectivity index (χ2n) is 6.70. The third-order valence-electron chi connectivity index (χ3n) is 4.59. The number of aryl methyl sites for hydroxylation is 1. The van der Waals surface area contributed by atoms with Crippen molar-refractivity contribution >= 4 is 34.8 Å². The summed E-state index contributed by atoms with van der Waals surface area (Å²) in [6.45, 7) is 0.0766. The van der Waals surface area contributed by atoms with E-state index >= 15 is 0 Å². The predicted molar refractivity (Wildman–Crippen MR) is 112 cm³/mol. The van der Waals surface area contributed by atoms with Crippen molar-refractivity contribution < 1.29 is 19.1 Å². The summed E-state index contributed by atoms with van der Waals surface area (Å²) in [6.07, 6.45) is 3.56. The molecular formula is C21H19ClN4O4. The number of halogens is 1. The standard InChI is InChI=1S/C21H19ClN4O4/c1-25-9-8-23-19(25)12-29-16-5-3-15(4-6-16)24-20(27)11-26-17-10-14(22)2-7-18(17)30-13-21(26)28/h2-10H,11-13H2,1H3,(H,24,27). The Kier molecular flexibility index (Phi) is 5.58. The van der Waals surface area contributed by atoms with Crippen molar-refractivity contribution in [2.45, 2.75) is 6.61 Å². The van der Waals surface area contributed by atoms with Crippen LogP contribution in [0, 0.1) is 0 Å². The number of carbonyl (C=O) groups is 2. The minimum Gasteiger partial charge on any atom is -0.486 e. The number of nitrogens with one attached hydrogen (secondary N) is 1. The molecular weight excluding hydrogens is 408 g/mol. The molecule has 0 saturated carbocycles. The number of nitrogens with zero attached hydrogens (tertiary/aromatic N) is 3. The number of ether oxygens (including phenoxy) is 2. The van der Waals surface area contributed by atoms with E-state index in [4.69, 9.17) is 21.1 Å². The molecule has 0 atom stereocenters. The van der Waals surface area contributed by atoms with E-state index in [2.05, 4.69) is 10.3 Å². The van der Waals surface area contributed by atoms with Gasteiger partial charge in [0.15, 0.2) is 6.61 Å². The van der Waals surface area contributed by atoms with Crippen LogP contribution in [0.15, 0.2) is 54.9 Å². The molecule has 1 aliphatic rings. The van der Waals surface area contributed by atoms with Gasteiger partial charge >= 0.3 is 0 Å². The van der Waals surface area contributed by atoms with Crippen LogP contribution in [0.1, 0.15) is 5.82 Å². The Morgan fingerprint density at radius 1 is 1.27 bits per heavy atom. The van der Waals surface area contributed by atoms with Crippen LogP contribution < -0.4 is 19.7 Å². The van der Waals surface area contributed by atoms with E-state index in [1.807, 2.05) is 17.8 Å². The van der Waals surface area contributed by atoms with Gasteiger partial charge in [-0.15, -0.1) is 0 Å². The molecule has 2 amide bonds. The van der Waals surface area contributed by atoms with Gasteiger partial charge in [-0.1, -0.05) is 11.6 Å². The molecule has 2 aromatic carbocycles. The Labute approximate surface area is 178 Å². The molecule has 1 N–H and O–H groups in total.